The molecule has 3 aromatic carbocycles. The first-order valence-electron chi connectivity index (χ1n) is 9.79. The van der Waals surface area contributed by atoms with Gasteiger partial charge >= 0.3 is 0 Å². The predicted molar refractivity (Wildman–Crippen MR) is 115 cm³/mol. The lowest BCUT2D eigenvalue weighted by Gasteiger charge is -2.13. The van der Waals surface area contributed by atoms with Crippen LogP contribution < -0.4 is 0 Å². The van der Waals surface area contributed by atoms with Gasteiger partial charge in [-0.05, 0) is 18.6 Å². The topological polar surface area (TPSA) is 38.0 Å². The molecule has 0 unspecified atom stereocenters. The van der Waals surface area contributed by atoms with Gasteiger partial charge in [0.25, 0.3) is 0 Å². The highest BCUT2D eigenvalue weighted by Crippen LogP contribution is 2.38. The maximum Gasteiger partial charge on any atom is 0.144 e. The molecule has 1 aromatic heterocycles. The number of phenolic OH excluding ortho intramolecular Hbond substituents is 1. The van der Waals surface area contributed by atoms with E-state index in [9.17, 15) is 5.11 Å². The Bertz CT molecular complexity index is 1050. The predicted octanol–water partition coefficient (Wildman–Crippen LogP) is 6.39. The van der Waals surface area contributed by atoms with E-state index in [-0.39, 0.29) is 5.75 Å². The van der Waals surface area contributed by atoms with Gasteiger partial charge in [-0.3, -0.25) is 0 Å². The summed E-state index contributed by atoms with van der Waals surface area (Å²) in [5.74, 6) is 1.06. The molecule has 1 N–H and O–H groups in total. The summed E-state index contributed by atoms with van der Waals surface area (Å²) in [6.45, 7) is 3.04. The van der Waals surface area contributed by atoms with Crippen molar-refractivity contribution in [1.29, 1.82) is 0 Å². The SMILES string of the molecule is CCCCn1c(-c2ccccc2O)nc(-c2ccccc2)c1-c1ccccc1. The van der Waals surface area contributed by atoms with E-state index < -0.39 is 0 Å². The van der Waals surface area contributed by atoms with Gasteiger partial charge in [0.15, 0.2) is 0 Å². The van der Waals surface area contributed by atoms with Crippen LogP contribution in [-0.2, 0) is 6.54 Å². The summed E-state index contributed by atoms with van der Waals surface area (Å²) >= 11 is 0. The summed E-state index contributed by atoms with van der Waals surface area (Å²) in [7, 11) is 0. The minimum Gasteiger partial charge on any atom is -0.507 e. The van der Waals surface area contributed by atoms with Crippen LogP contribution in [0.2, 0.25) is 0 Å². The molecule has 0 saturated heterocycles. The maximum absolute atomic E-state index is 10.5. The van der Waals surface area contributed by atoms with Crippen LogP contribution in [0, 0.1) is 0 Å². The zero-order valence-electron chi connectivity index (χ0n) is 16.0. The molecule has 4 aromatic rings. The maximum atomic E-state index is 10.5. The van der Waals surface area contributed by atoms with Gasteiger partial charge in [-0.25, -0.2) is 4.98 Å². The van der Waals surface area contributed by atoms with Crippen molar-refractivity contribution in [2.75, 3.05) is 0 Å². The first kappa shape index (κ1) is 18.1. The van der Waals surface area contributed by atoms with E-state index >= 15 is 0 Å². The number of imidazole rings is 1. The molecule has 0 amide bonds. The number of para-hydroxylation sites is 1. The van der Waals surface area contributed by atoms with Gasteiger partial charge in [0.1, 0.15) is 11.6 Å². The molecule has 0 bridgehead atoms. The smallest absolute Gasteiger partial charge is 0.144 e. The molecule has 3 heteroatoms. The number of nitrogens with zero attached hydrogens (tertiary/aromatic N) is 2. The van der Waals surface area contributed by atoms with Crippen LogP contribution >= 0.6 is 0 Å². The number of aromatic nitrogens is 2. The van der Waals surface area contributed by atoms with Crippen LogP contribution in [0.1, 0.15) is 19.8 Å². The molecule has 4 rings (SSSR count). The first-order chi connectivity index (χ1) is 13.8. The van der Waals surface area contributed by atoms with Crippen molar-refractivity contribution in [3.63, 3.8) is 0 Å². The third-order valence-electron chi connectivity index (χ3n) is 4.94. The van der Waals surface area contributed by atoms with Crippen LogP contribution in [0.15, 0.2) is 84.9 Å². The van der Waals surface area contributed by atoms with Crippen LogP contribution in [0.5, 0.6) is 5.75 Å². The Hall–Kier alpha value is -3.33. The number of benzene rings is 3. The Balaban J connectivity index is 2.02. The van der Waals surface area contributed by atoms with Crippen molar-refractivity contribution in [2.45, 2.75) is 26.3 Å². The summed E-state index contributed by atoms with van der Waals surface area (Å²) in [5.41, 5.74) is 5.01. The molecule has 0 radical (unpaired) electrons. The number of aromatic hydroxyl groups is 1. The fraction of sp³-hybridized carbons (Fsp3) is 0.160. The fourth-order valence-electron chi connectivity index (χ4n) is 3.54. The Kier molecular flexibility index (Phi) is 5.24. The third-order valence-corrected chi connectivity index (χ3v) is 4.94. The van der Waals surface area contributed by atoms with Crippen molar-refractivity contribution >= 4 is 0 Å². The van der Waals surface area contributed by atoms with Crippen molar-refractivity contribution in [3.8, 4) is 39.7 Å². The highest BCUT2D eigenvalue weighted by atomic mass is 16.3. The summed E-state index contributed by atoms with van der Waals surface area (Å²) in [5, 5.41) is 10.5. The molecule has 1 heterocycles. The van der Waals surface area contributed by atoms with Crippen molar-refractivity contribution in [1.82, 2.24) is 9.55 Å². The van der Waals surface area contributed by atoms with E-state index in [1.807, 2.05) is 42.5 Å². The molecule has 0 fully saturated rings. The molecular formula is C25H24N2O. The fourth-order valence-corrected chi connectivity index (χ4v) is 3.54. The average Bonchev–Trinajstić information content (AvgIpc) is 3.13. The number of hydrogen-bond acceptors (Lipinski definition) is 2. The number of unbranched alkanes of at least 4 members (excludes halogenated alkanes) is 1. The van der Waals surface area contributed by atoms with Gasteiger partial charge in [-0.1, -0.05) is 86.1 Å². The molecule has 28 heavy (non-hydrogen) atoms. The van der Waals surface area contributed by atoms with E-state index in [1.54, 1.807) is 6.07 Å². The lowest BCUT2D eigenvalue weighted by Crippen LogP contribution is -2.03. The molecule has 3 nitrogen and oxygen atoms in total. The van der Waals surface area contributed by atoms with Crippen LogP contribution in [0.25, 0.3) is 33.9 Å². The second kappa shape index (κ2) is 8.13. The molecule has 0 aliphatic carbocycles. The molecule has 0 saturated carbocycles. The molecule has 0 spiro atoms. The summed E-state index contributed by atoms with van der Waals surface area (Å²) in [6, 6.07) is 28.1. The Morgan fingerprint density at radius 2 is 1.39 bits per heavy atom. The van der Waals surface area contributed by atoms with Gasteiger partial charge < -0.3 is 9.67 Å². The Morgan fingerprint density at radius 1 is 0.786 bits per heavy atom. The van der Waals surface area contributed by atoms with Gasteiger partial charge in [0.2, 0.25) is 0 Å². The largest absolute Gasteiger partial charge is 0.507 e. The first-order valence-corrected chi connectivity index (χ1v) is 9.79. The lowest BCUT2D eigenvalue weighted by molar-refractivity contribution is 0.476. The van der Waals surface area contributed by atoms with Crippen molar-refractivity contribution in [3.05, 3.63) is 84.9 Å². The lowest BCUT2D eigenvalue weighted by atomic mass is 10.0. The molecule has 0 aliphatic rings. The normalized spacial score (nSPS) is 10.9. The van der Waals surface area contributed by atoms with E-state index in [4.69, 9.17) is 4.98 Å². The van der Waals surface area contributed by atoms with Gasteiger partial charge in [-0.15, -0.1) is 0 Å². The molecule has 0 atom stereocenters. The number of rotatable bonds is 6. The quantitative estimate of drug-likeness (QED) is 0.428. The van der Waals surface area contributed by atoms with Crippen molar-refractivity contribution in [2.24, 2.45) is 0 Å². The van der Waals surface area contributed by atoms with Crippen LogP contribution in [0.3, 0.4) is 0 Å². The minimum atomic E-state index is 0.254. The second-order valence-electron chi connectivity index (χ2n) is 6.89. The van der Waals surface area contributed by atoms with E-state index in [1.165, 1.54) is 0 Å². The summed E-state index contributed by atoms with van der Waals surface area (Å²) in [4.78, 5) is 5.04. The third kappa shape index (κ3) is 3.44. The molecular weight excluding hydrogens is 344 g/mol. The molecule has 140 valence electrons. The van der Waals surface area contributed by atoms with Gasteiger partial charge in [0, 0.05) is 17.7 Å². The minimum absolute atomic E-state index is 0.254. The van der Waals surface area contributed by atoms with Gasteiger partial charge in [-0.2, -0.15) is 0 Å². The highest BCUT2D eigenvalue weighted by Gasteiger charge is 2.22. The van der Waals surface area contributed by atoms with Crippen LogP contribution in [-0.4, -0.2) is 14.7 Å². The average molecular weight is 368 g/mol. The highest BCUT2D eigenvalue weighted by molar-refractivity contribution is 5.83. The Morgan fingerprint density at radius 3 is 2.04 bits per heavy atom. The zero-order valence-corrected chi connectivity index (χ0v) is 16.0. The van der Waals surface area contributed by atoms with Crippen LogP contribution in [0.4, 0.5) is 0 Å². The van der Waals surface area contributed by atoms with E-state index in [0.29, 0.717) is 0 Å². The van der Waals surface area contributed by atoms with Crippen molar-refractivity contribution < 1.29 is 5.11 Å². The standard InChI is InChI=1S/C25H24N2O/c1-2-3-18-27-24(20-14-8-5-9-15-20)23(19-12-6-4-7-13-19)26-25(27)21-16-10-11-17-22(21)28/h4-17,28H,2-3,18H2,1H3. The number of hydrogen-bond donors (Lipinski definition) is 1. The summed E-state index contributed by atoms with van der Waals surface area (Å²) < 4.78 is 2.26. The van der Waals surface area contributed by atoms with E-state index in [2.05, 4.69) is 47.9 Å². The van der Waals surface area contributed by atoms with Gasteiger partial charge in [0.05, 0.1) is 17.0 Å². The zero-order chi connectivity index (χ0) is 19.3. The summed E-state index contributed by atoms with van der Waals surface area (Å²) in [6.07, 6.45) is 2.14. The molecule has 0 aliphatic heterocycles. The second-order valence-corrected chi connectivity index (χ2v) is 6.89. The Labute approximate surface area is 165 Å². The number of phenols is 1. The monoisotopic (exact) mass is 368 g/mol. The van der Waals surface area contributed by atoms with E-state index in [0.717, 1.165) is 53.3 Å².